The Morgan fingerprint density at radius 2 is 1.80 bits per heavy atom. The van der Waals surface area contributed by atoms with Crippen LogP contribution in [-0.2, 0) is 5.41 Å². The second kappa shape index (κ2) is 6.45. The summed E-state index contributed by atoms with van der Waals surface area (Å²) in [7, 11) is 0. The molecule has 1 spiro atoms. The van der Waals surface area contributed by atoms with Gasteiger partial charge in [0.1, 0.15) is 24.2 Å². The van der Waals surface area contributed by atoms with Gasteiger partial charge in [0.15, 0.2) is 11.5 Å². The van der Waals surface area contributed by atoms with E-state index in [4.69, 9.17) is 9.47 Å². The van der Waals surface area contributed by atoms with Crippen LogP contribution in [-0.4, -0.2) is 46.0 Å². The first kappa shape index (κ1) is 17.7. The predicted molar refractivity (Wildman–Crippen MR) is 111 cm³/mol. The molecule has 1 amide bonds. The SMILES string of the molecule is CC1c2cc3c(cc2C2(CCCC2)CN1C(=O)c1ccc2n[nH]nc2c1)OCCO3. The van der Waals surface area contributed by atoms with E-state index < -0.39 is 0 Å². The molecule has 3 aliphatic rings. The van der Waals surface area contributed by atoms with E-state index in [1.165, 1.54) is 24.0 Å². The first-order valence-electron chi connectivity index (χ1n) is 10.7. The number of benzene rings is 2. The number of nitrogens with one attached hydrogen (secondary N) is 1. The molecule has 6 rings (SSSR count). The van der Waals surface area contributed by atoms with E-state index in [0.29, 0.717) is 24.3 Å². The van der Waals surface area contributed by atoms with Gasteiger partial charge in [-0.15, -0.1) is 0 Å². The number of ether oxygens (including phenoxy) is 2. The second-order valence-electron chi connectivity index (χ2n) is 8.71. The number of H-pyrrole nitrogens is 1. The smallest absolute Gasteiger partial charge is 0.254 e. The maximum atomic E-state index is 13.6. The predicted octanol–water partition coefficient (Wildman–Crippen LogP) is 3.76. The molecule has 7 heteroatoms. The fraction of sp³-hybridized carbons (Fsp3) is 0.435. The molecule has 1 atom stereocenters. The fourth-order valence-electron chi connectivity index (χ4n) is 5.49. The van der Waals surface area contributed by atoms with Crippen LogP contribution < -0.4 is 9.47 Å². The van der Waals surface area contributed by atoms with Crippen LogP contribution in [0.1, 0.15) is 60.1 Å². The van der Waals surface area contributed by atoms with Crippen molar-refractivity contribution in [1.82, 2.24) is 20.3 Å². The summed E-state index contributed by atoms with van der Waals surface area (Å²) in [6.07, 6.45) is 4.57. The number of amides is 1. The van der Waals surface area contributed by atoms with Crippen LogP contribution in [0.5, 0.6) is 11.5 Å². The Labute approximate surface area is 174 Å². The summed E-state index contributed by atoms with van der Waals surface area (Å²) in [5.74, 6) is 1.67. The highest BCUT2D eigenvalue weighted by molar-refractivity contribution is 5.97. The molecule has 2 aliphatic heterocycles. The standard InChI is InChI=1S/C23H24N4O3/c1-14-16-11-20-21(30-9-8-29-20)12-17(16)23(6-2-3-7-23)13-27(14)22(28)15-4-5-18-19(10-15)25-26-24-18/h4-5,10-12,14H,2-3,6-9,13H2,1H3,(H,24,25,26). The lowest BCUT2D eigenvalue weighted by atomic mass is 9.71. The van der Waals surface area contributed by atoms with Gasteiger partial charge in [0.2, 0.25) is 0 Å². The van der Waals surface area contributed by atoms with E-state index >= 15 is 0 Å². The summed E-state index contributed by atoms with van der Waals surface area (Å²) in [6, 6.07) is 9.78. The van der Waals surface area contributed by atoms with Gasteiger partial charge in [0, 0.05) is 17.5 Å². The average molecular weight is 404 g/mol. The van der Waals surface area contributed by atoms with Crippen molar-refractivity contribution in [2.45, 2.75) is 44.1 Å². The summed E-state index contributed by atoms with van der Waals surface area (Å²) in [5.41, 5.74) is 4.64. The maximum Gasteiger partial charge on any atom is 0.254 e. The minimum absolute atomic E-state index is 0.00860. The van der Waals surface area contributed by atoms with Gasteiger partial charge in [0.05, 0.1) is 6.04 Å². The van der Waals surface area contributed by atoms with Crippen LogP contribution in [0, 0.1) is 0 Å². The molecule has 3 aromatic rings. The van der Waals surface area contributed by atoms with Gasteiger partial charge in [-0.1, -0.05) is 12.8 Å². The van der Waals surface area contributed by atoms with Crippen molar-refractivity contribution >= 4 is 16.9 Å². The highest BCUT2D eigenvalue weighted by Gasteiger charge is 2.46. The Morgan fingerprint density at radius 1 is 1.07 bits per heavy atom. The van der Waals surface area contributed by atoms with Gasteiger partial charge in [-0.3, -0.25) is 4.79 Å². The lowest BCUT2D eigenvalue weighted by Crippen LogP contribution is -2.48. The van der Waals surface area contributed by atoms with Gasteiger partial charge in [-0.25, -0.2) is 0 Å². The van der Waals surface area contributed by atoms with E-state index in [2.05, 4.69) is 34.5 Å². The van der Waals surface area contributed by atoms with E-state index in [-0.39, 0.29) is 17.4 Å². The zero-order chi connectivity index (χ0) is 20.3. The topological polar surface area (TPSA) is 80.3 Å². The largest absolute Gasteiger partial charge is 0.486 e. The molecule has 1 aromatic heterocycles. The van der Waals surface area contributed by atoms with E-state index in [1.54, 1.807) is 0 Å². The van der Waals surface area contributed by atoms with Gasteiger partial charge in [0.25, 0.3) is 5.91 Å². The van der Waals surface area contributed by atoms with Crippen LogP contribution in [0.2, 0.25) is 0 Å². The molecular formula is C23H24N4O3. The molecule has 30 heavy (non-hydrogen) atoms. The average Bonchev–Trinajstić information content (AvgIpc) is 3.44. The molecule has 1 fully saturated rings. The van der Waals surface area contributed by atoms with Crippen LogP contribution in [0.25, 0.3) is 11.0 Å². The van der Waals surface area contributed by atoms with Gasteiger partial charge < -0.3 is 14.4 Å². The minimum Gasteiger partial charge on any atom is -0.486 e. The molecule has 0 saturated heterocycles. The maximum absolute atomic E-state index is 13.6. The van der Waals surface area contributed by atoms with Crippen molar-refractivity contribution in [1.29, 1.82) is 0 Å². The third-order valence-corrected chi connectivity index (χ3v) is 7.06. The van der Waals surface area contributed by atoms with E-state index in [9.17, 15) is 4.79 Å². The van der Waals surface area contributed by atoms with E-state index in [1.807, 2.05) is 23.1 Å². The molecule has 1 saturated carbocycles. The van der Waals surface area contributed by atoms with Crippen molar-refractivity contribution in [3.05, 3.63) is 47.0 Å². The number of carbonyl (C=O) groups excluding carboxylic acids is 1. The van der Waals surface area contributed by atoms with E-state index in [0.717, 1.165) is 36.4 Å². The van der Waals surface area contributed by atoms with Crippen molar-refractivity contribution < 1.29 is 14.3 Å². The monoisotopic (exact) mass is 404 g/mol. The molecule has 1 N–H and O–H groups in total. The summed E-state index contributed by atoms with van der Waals surface area (Å²) < 4.78 is 11.7. The quantitative estimate of drug-likeness (QED) is 0.668. The minimum atomic E-state index is -0.0393. The van der Waals surface area contributed by atoms with Gasteiger partial charge in [-0.05, 0) is 61.2 Å². The Kier molecular flexibility index (Phi) is 3.82. The summed E-state index contributed by atoms with van der Waals surface area (Å²) in [5, 5.41) is 10.9. The molecule has 2 aromatic carbocycles. The number of hydrogen-bond acceptors (Lipinski definition) is 5. The number of aromatic amines is 1. The molecular weight excluding hydrogens is 380 g/mol. The number of nitrogens with zero attached hydrogens (tertiary/aromatic N) is 3. The summed E-state index contributed by atoms with van der Waals surface area (Å²) in [6.45, 7) is 3.99. The van der Waals surface area contributed by atoms with Crippen LogP contribution in [0.4, 0.5) is 0 Å². The molecule has 3 heterocycles. The lowest BCUT2D eigenvalue weighted by molar-refractivity contribution is 0.0593. The molecule has 154 valence electrons. The van der Waals surface area contributed by atoms with Crippen molar-refractivity contribution in [2.24, 2.45) is 0 Å². The fourth-order valence-corrected chi connectivity index (χ4v) is 5.49. The molecule has 1 unspecified atom stereocenters. The zero-order valence-corrected chi connectivity index (χ0v) is 17.0. The number of rotatable bonds is 1. The highest BCUT2D eigenvalue weighted by Crippen LogP contribution is 2.52. The number of aromatic nitrogens is 3. The highest BCUT2D eigenvalue weighted by atomic mass is 16.6. The summed E-state index contributed by atoms with van der Waals surface area (Å²) >= 11 is 0. The third-order valence-electron chi connectivity index (χ3n) is 7.06. The number of hydrogen-bond donors (Lipinski definition) is 1. The van der Waals surface area contributed by atoms with Crippen molar-refractivity contribution in [3.8, 4) is 11.5 Å². The first-order chi connectivity index (χ1) is 14.6. The second-order valence-corrected chi connectivity index (χ2v) is 8.71. The zero-order valence-electron chi connectivity index (χ0n) is 17.0. The summed E-state index contributed by atoms with van der Waals surface area (Å²) in [4.78, 5) is 15.7. The van der Waals surface area contributed by atoms with Gasteiger partial charge in [-0.2, -0.15) is 15.4 Å². The van der Waals surface area contributed by atoms with Crippen LogP contribution in [0.15, 0.2) is 30.3 Å². The third kappa shape index (κ3) is 2.54. The molecule has 0 bridgehead atoms. The van der Waals surface area contributed by atoms with Crippen molar-refractivity contribution in [2.75, 3.05) is 19.8 Å². The Bertz CT molecular complexity index is 1150. The Morgan fingerprint density at radius 3 is 2.60 bits per heavy atom. The Hall–Kier alpha value is -3.09. The normalized spacial score (nSPS) is 21.8. The van der Waals surface area contributed by atoms with Crippen LogP contribution in [0.3, 0.4) is 0 Å². The first-order valence-corrected chi connectivity index (χ1v) is 10.7. The van der Waals surface area contributed by atoms with Crippen LogP contribution >= 0.6 is 0 Å². The molecule has 7 nitrogen and oxygen atoms in total. The number of fused-ring (bicyclic) bond motifs is 4. The number of carbonyl (C=O) groups is 1. The molecule has 0 radical (unpaired) electrons. The Balaban J connectivity index is 1.44. The van der Waals surface area contributed by atoms with Gasteiger partial charge >= 0.3 is 0 Å². The molecule has 1 aliphatic carbocycles. The van der Waals surface area contributed by atoms with Crippen molar-refractivity contribution in [3.63, 3.8) is 0 Å². The lowest BCUT2D eigenvalue weighted by Gasteiger charge is -2.46.